The maximum Gasteiger partial charge on any atom is 0.320 e. The Morgan fingerprint density at radius 1 is 1.38 bits per heavy atom. The Balaban J connectivity index is 0.00000254. The molecule has 8 nitrogen and oxygen atoms in total. The fourth-order valence-corrected chi connectivity index (χ4v) is 1.85. The van der Waals surface area contributed by atoms with E-state index in [4.69, 9.17) is 20.9 Å². The van der Waals surface area contributed by atoms with Crippen molar-refractivity contribution in [3.8, 4) is 0 Å². The minimum atomic E-state index is -0.560. The lowest BCUT2D eigenvalue weighted by Gasteiger charge is -2.22. The average molecular weight is 344 g/mol. The van der Waals surface area contributed by atoms with Crippen molar-refractivity contribution in [3.63, 3.8) is 0 Å². The van der Waals surface area contributed by atoms with Crippen LogP contribution >= 0.6 is 0 Å². The first kappa shape index (κ1) is 21.8. The highest BCUT2D eigenvalue weighted by Crippen LogP contribution is 2.13. The van der Waals surface area contributed by atoms with Crippen LogP contribution < -0.4 is 11.6 Å². The third-order valence-corrected chi connectivity index (χ3v) is 2.71. The summed E-state index contributed by atoms with van der Waals surface area (Å²) in [7, 11) is 1.68. The molecule has 0 saturated carbocycles. The van der Waals surface area contributed by atoms with Crippen molar-refractivity contribution >= 4 is 11.8 Å². The van der Waals surface area contributed by atoms with E-state index in [-0.39, 0.29) is 24.9 Å². The zero-order valence-corrected chi connectivity index (χ0v) is 14.3. The number of ether oxygens (including phenoxy) is 1. The number of carbonyl (C=O) groups excluding carboxylic acids is 1. The molecule has 0 aliphatic carbocycles. The number of halogens is 1. The SMILES string of the molecule is CN(CC(=O)OC(C)(C)C)Cc1cc(C(N)=NO)ccc1F.NO. The third kappa shape index (κ3) is 7.86. The fourth-order valence-electron chi connectivity index (χ4n) is 1.85. The highest BCUT2D eigenvalue weighted by Gasteiger charge is 2.18. The number of nitrogens with two attached hydrogens (primary N) is 2. The summed E-state index contributed by atoms with van der Waals surface area (Å²) in [5.74, 6) is 2.59. The summed E-state index contributed by atoms with van der Waals surface area (Å²) in [5.41, 5.74) is 5.67. The fraction of sp³-hybridized carbons (Fsp3) is 0.467. The van der Waals surface area contributed by atoms with Crippen LogP contribution in [0.15, 0.2) is 23.4 Å². The molecule has 0 saturated heterocycles. The van der Waals surface area contributed by atoms with E-state index in [1.807, 2.05) is 0 Å². The van der Waals surface area contributed by atoms with Gasteiger partial charge >= 0.3 is 5.97 Å². The van der Waals surface area contributed by atoms with Gasteiger partial charge in [0.1, 0.15) is 11.4 Å². The zero-order chi connectivity index (χ0) is 18.9. The second kappa shape index (κ2) is 9.81. The standard InChI is InChI=1S/C15H22FN3O3.H3NO/c1-15(2,3)22-13(20)9-19(4)8-11-7-10(14(17)18-21)5-6-12(11)16;1-2/h5-7,21H,8-9H2,1-4H3,(H2,17,18);2H,1H2. The molecule has 1 aromatic carbocycles. The molecule has 0 heterocycles. The van der Waals surface area contributed by atoms with Gasteiger partial charge in [-0.05, 0) is 46.0 Å². The van der Waals surface area contributed by atoms with Gasteiger partial charge in [-0.2, -0.15) is 0 Å². The first-order valence-electron chi connectivity index (χ1n) is 7.05. The number of rotatable bonds is 5. The highest BCUT2D eigenvalue weighted by molar-refractivity contribution is 5.97. The number of benzene rings is 1. The molecule has 136 valence electrons. The van der Waals surface area contributed by atoms with Gasteiger partial charge in [0.25, 0.3) is 0 Å². The van der Waals surface area contributed by atoms with Crippen molar-refractivity contribution in [2.24, 2.45) is 16.8 Å². The van der Waals surface area contributed by atoms with Gasteiger partial charge in [-0.1, -0.05) is 5.16 Å². The van der Waals surface area contributed by atoms with Gasteiger partial charge in [0.2, 0.25) is 0 Å². The minimum absolute atomic E-state index is 0.0323. The summed E-state index contributed by atoms with van der Waals surface area (Å²) in [4.78, 5) is 13.4. The van der Waals surface area contributed by atoms with Crippen LogP contribution in [0, 0.1) is 5.82 Å². The van der Waals surface area contributed by atoms with E-state index < -0.39 is 11.4 Å². The number of esters is 1. The first-order chi connectivity index (χ1) is 11.1. The lowest BCUT2D eigenvalue weighted by Crippen LogP contribution is -2.32. The lowest BCUT2D eigenvalue weighted by molar-refractivity contribution is -0.155. The van der Waals surface area contributed by atoms with Gasteiger partial charge in [0.05, 0.1) is 6.54 Å². The number of amidine groups is 1. The molecule has 0 unspecified atom stereocenters. The van der Waals surface area contributed by atoms with Crippen molar-refractivity contribution in [2.75, 3.05) is 13.6 Å². The molecule has 0 radical (unpaired) electrons. The monoisotopic (exact) mass is 344 g/mol. The quantitative estimate of drug-likeness (QED) is 0.206. The highest BCUT2D eigenvalue weighted by atomic mass is 19.1. The number of hydrogen-bond acceptors (Lipinski definition) is 7. The molecule has 0 bridgehead atoms. The third-order valence-electron chi connectivity index (χ3n) is 2.71. The molecule has 1 aromatic rings. The van der Waals surface area contributed by atoms with Gasteiger partial charge in [0, 0.05) is 17.7 Å². The van der Waals surface area contributed by atoms with Crippen LogP contribution in [0.1, 0.15) is 31.9 Å². The van der Waals surface area contributed by atoms with Crippen molar-refractivity contribution in [3.05, 3.63) is 35.1 Å². The lowest BCUT2D eigenvalue weighted by atomic mass is 10.1. The summed E-state index contributed by atoms with van der Waals surface area (Å²) in [6.07, 6.45) is 0. The Hall–Kier alpha value is -2.23. The van der Waals surface area contributed by atoms with E-state index >= 15 is 0 Å². The zero-order valence-electron chi connectivity index (χ0n) is 14.3. The Morgan fingerprint density at radius 3 is 2.46 bits per heavy atom. The Labute approximate surface area is 140 Å². The van der Waals surface area contributed by atoms with Crippen molar-refractivity contribution in [2.45, 2.75) is 32.9 Å². The molecule has 9 heteroatoms. The van der Waals surface area contributed by atoms with E-state index in [0.717, 1.165) is 0 Å². The number of carbonyl (C=O) groups is 1. The molecule has 0 atom stereocenters. The normalized spacial score (nSPS) is 11.8. The van der Waals surface area contributed by atoms with Gasteiger partial charge in [0.15, 0.2) is 5.84 Å². The van der Waals surface area contributed by atoms with Gasteiger partial charge in [-0.15, -0.1) is 0 Å². The van der Waals surface area contributed by atoms with E-state index in [2.05, 4.69) is 11.1 Å². The van der Waals surface area contributed by atoms with Crippen molar-refractivity contribution in [1.82, 2.24) is 4.90 Å². The van der Waals surface area contributed by atoms with Crippen LogP contribution in [0.25, 0.3) is 0 Å². The molecule has 1 rings (SSSR count). The summed E-state index contributed by atoms with van der Waals surface area (Å²) in [6.45, 7) is 5.57. The summed E-state index contributed by atoms with van der Waals surface area (Å²) >= 11 is 0. The van der Waals surface area contributed by atoms with Crippen LogP contribution in [0.2, 0.25) is 0 Å². The van der Waals surface area contributed by atoms with E-state index in [0.29, 0.717) is 11.1 Å². The number of hydrogen-bond donors (Lipinski definition) is 4. The summed E-state index contributed by atoms with van der Waals surface area (Å²) in [6, 6.07) is 4.14. The molecular formula is C15H25FN4O4. The second-order valence-electron chi connectivity index (χ2n) is 6.05. The number of nitrogens with zero attached hydrogens (tertiary/aromatic N) is 2. The molecule has 6 N–H and O–H groups in total. The number of likely N-dealkylation sites (N-methyl/N-ethyl adjacent to an activating group) is 1. The maximum atomic E-state index is 13.8. The Kier molecular flexibility index (Phi) is 8.90. The van der Waals surface area contributed by atoms with Crippen LogP contribution in [0.5, 0.6) is 0 Å². The smallest absolute Gasteiger partial charge is 0.320 e. The molecule has 0 fully saturated rings. The largest absolute Gasteiger partial charge is 0.459 e. The predicted molar refractivity (Wildman–Crippen MR) is 87.1 cm³/mol. The second-order valence-corrected chi connectivity index (χ2v) is 6.05. The van der Waals surface area contributed by atoms with Crippen LogP contribution in [-0.4, -0.2) is 46.3 Å². The first-order valence-corrected chi connectivity index (χ1v) is 7.05. The molecule has 0 aliphatic heterocycles. The van der Waals surface area contributed by atoms with Crippen molar-refractivity contribution < 1.29 is 24.3 Å². The maximum absolute atomic E-state index is 13.8. The Bertz CT molecular complexity index is 573. The minimum Gasteiger partial charge on any atom is -0.459 e. The summed E-state index contributed by atoms with van der Waals surface area (Å²) < 4.78 is 19.0. The Morgan fingerprint density at radius 2 is 1.96 bits per heavy atom. The molecular weight excluding hydrogens is 319 g/mol. The molecule has 0 aliphatic rings. The average Bonchev–Trinajstić information content (AvgIpc) is 2.48. The summed E-state index contributed by atoms with van der Waals surface area (Å²) in [5, 5.41) is 18.0. The van der Waals surface area contributed by atoms with Crippen LogP contribution in [0.3, 0.4) is 0 Å². The number of oxime groups is 1. The molecule has 0 aromatic heterocycles. The van der Waals surface area contributed by atoms with Gasteiger partial charge in [-0.25, -0.2) is 10.3 Å². The van der Waals surface area contributed by atoms with Gasteiger partial charge in [-0.3, -0.25) is 9.69 Å². The van der Waals surface area contributed by atoms with E-state index in [1.165, 1.54) is 18.2 Å². The van der Waals surface area contributed by atoms with Crippen molar-refractivity contribution in [1.29, 1.82) is 0 Å². The predicted octanol–water partition coefficient (Wildman–Crippen LogP) is 1.03. The molecule has 24 heavy (non-hydrogen) atoms. The topological polar surface area (TPSA) is 134 Å². The molecule has 0 amide bonds. The van der Waals surface area contributed by atoms with Crippen LogP contribution in [-0.2, 0) is 16.1 Å². The van der Waals surface area contributed by atoms with E-state index in [9.17, 15) is 9.18 Å². The van der Waals surface area contributed by atoms with E-state index in [1.54, 1.807) is 32.7 Å². The van der Waals surface area contributed by atoms with Gasteiger partial charge < -0.3 is 20.9 Å². The van der Waals surface area contributed by atoms with Crippen LogP contribution in [0.4, 0.5) is 4.39 Å². The molecule has 0 spiro atoms.